The number of pyridine rings is 1. The second kappa shape index (κ2) is 5.69. The summed E-state index contributed by atoms with van der Waals surface area (Å²) in [5, 5.41) is 10.8. The molecule has 0 unspecified atom stereocenters. The van der Waals surface area contributed by atoms with Crippen LogP contribution in [0.15, 0.2) is 46.5 Å². The first-order valence-electron chi connectivity index (χ1n) is 5.34. The summed E-state index contributed by atoms with van der Waals surface area (Å²) in [5.74, 6) is -0.366. The number of hydrogen-bond donors (Lipinski definition) is 1. The van der Waals surface area contributed by atoms with Gasteiger partial charge in [0.15, 0.2) is 0 Å². The first-order valence-corrected chi connectivity index (χ1v) is 6.53. The Kier molecular flexibility index (Phi) is 4.22. The molecule has 0 bridgehead atoms. The van der Waals surface area contributed by atoms with E-state index in [9.17, 15) is 9.50 Å². The summed E-state index contributed by atoms with van der Waals surface area (Å²) in [6, 6.07) is 8.05. The molecule has 1 heterocycles. The number of aliphatic hydroxyl groups excluding tert-OH is 1. The van der Waals surface area contributed by atoms with E-state index in [1.54, 1.807) is 31.2 Å². The number of rotatable bonds is 3. The zero-order chi connectivity index (χ0) is 13.1. The van der Waals surface area contributed by atoms with Crippen LogP contribution in [0.1, 0.15) is 18.6 Å². The molecule has 0 amide bonds. The molecule has 0 aliphatic heterocycles. The highest BCUT2D eigenvalue weighted by atomic mass is 35.5. The molecule has 1 aromatic heterocycles. The summed E-state index contributed by atoms with van der Waals surface area (Å²) >= 11 is 6.91. The van der Waals surface area contributed by atoms with E-state index in [1.807, 2.05) is 0 Å². The zero-order valence-electron chi connectivity index (χ0n) is 9.60. The molecule has 2 aromatic rings. The van der Waals surface area contributed by atoms with Gasteiger partial charge >= 0.3 is 0 Å². The minimum atomic E-state index is -0.726. The number of aromatic nitrogens is 1. The van der Waals surface area contributed by atoms with Crippen molar-refractivity contribution in [2.24, 2.45) is 0 Å². The van der Waals surface area contributed by atoms with Crippen LogP contribution >= 0.6 is 23.4 Å². The monoisotopic (exact) mass is 283 g/mol. The Hall–Kier alpha value is -1.10. The Morgan fingerprint density at radius 2 is 2.11 bits per heavy atom. The lowest BCUT2D eigenvalue weighted by molar-refractivity contribution is 0.195. The summed E-state index contributed by atoms with van der Waals surface area (Å²) in [6.07, 6.45) is 0.780. The van der Waals surface area contributed by atoms with E-state index in [1.165, 1.54) is 24.0 Å². The highest BCUT2D eigenvalue weighted by Crippen LogP contribution is 2.34. The van der Waals surface area contributed by atoms with Crippen molar-refractivity contribution in [3.63, 3.8) is 0 Å². The number of halogens is 2. The van der Waals surface area contributed by atoms with Gasteiger partial charge in [0.25, 0.3) is 0 Å². The van der Waals surface area contributed by atoms with Gasteiger partial charge in [0.2, 0.25) is 0 Å². The van der Waals surface area contributed by atoms with Crippen LogP contribution in [-0.2, 0) is 0 Å². The Morgan fingerprint density at radius 1 is 1.33 bits per heavy atom. The van der Waals surface area contributed by atoms with Crippen molar-refractivity contribution in [2.45, 2.75) is 22.9 Å². The Bertz CT molecular complexity index is 545. The van der Waals surface area contributed by atoms with Crippen molar-refractivity contribution < 1.29 is 9.50 Å². The molecule has 0 spiro atoms. The molecule has 0 saturated carbocycles. The topological polar surface area (TPSA) is 33.1 Å². The summed E-state index contributed by atoms with van der Waals surface area (Å²) < 4.78 is 13.8. The number of benzene rings is 1. The number of nitrogens with zero attached hydrogens (tertiary/aromatic N) is 1. The van der Waals surface area contributed by atoms with E-state index >= 15 is 0 Å². The fourth-order valence-electron chi connectivity index (χ4n) is 1.49. The van der Waals surface area contributed by atoms with Crippen LogP contribution in [0, 0.1) is 5.82 Å². The van der Waals surface area contributed by atoms with E-state index in [-0.39, 0.29) is 5.82 Å². The van der Waals surface area contributed by atoms with Gasteiger partial charge in [0, 0.05) is 6.20 Å². The lowest BCUT2D eigenvalue weighted by Gasteiger charge is -2.11. The second-order valence-electron chi connectivity index (χ2n) is 3.75. The van der Waals surface area contributed by atoms with Gasteiger partial charge in [0.1, 0.15) is 10.8 Å². The van der Waals surface area contributed by atoms with Crippen LogP contribution in [-0.4, -0.2) is 10.1 Å². The summed E-state index contributed by atoms with van der Waals surface area (Å²) in [4.78, 5) is 4.49. The van der Waals surface area contributed by atoms with Crippen molar-refractivity contribution in [3.05, 3.63) is 52.9 Å². The molecule has 18 heavy (non-hydrogen) atoms. The van der Waals surface area contributed by atoms with Crippen LogP contribution in [0.2, 0.25) is 5.02 Å². The summed E-state index contributed by atoms with van der Waals surface area (Å²) in [5.41, 5.74) is 0.553. The van der Waals surface area contributed by atoms with Gasteiger partial charge in [-0.3, -0.25) is 0 Å². The smallest absolute Gasteiger partial charge is 0.137 e. The normalized spacial score (nSPS) is 12.4. The van der Waals surface area contributed by atoms with Gasteiger partial charge < -0.3 is 5.11 Å². The van der Waals surface area contributed by atoms with Gasteiger partial charge in [-0.05, 0) is 30.7 Å². The van der Waals surface area contributed by atoms with Crippen molar-refractivity contribution in [1.29, 1.82) is 0 Å². The third-order valence-corrected chi connectivity index (χ3v) is 3.66. The van der Waals surface area contributed by atoms with Crippen molar-refractivity contribution >= 4 is 23.4 Å². The van der Waals surface area contributed by atoms with Crippen LogP contribution in [0.25, 0.3) is 0 Å². The standard InChI is InChI=1S/C13H11ClFNOS/c1-8(17)10-3-2-4-11(15)13(10)18-12-6-5-9(14)7-16-12/h2-8,17H,1H3/t8-/m0/s1. The molecular weight excluding hydrogens is 273 g/mol. The van der Waals surface area contributed by atoms with E-state index in [0.29, 0.717) is 20.5 Å². The molecule has 5 heteroatoms. The molecule has 0 saturated heterocycles. The predicted octanol–water partition coefficient (Wildman–Crippen LogP) is 4.08. The highest BCUT2D eigenvalue weighted by molar-refractivity contribution is 7.99. The quantitative estimate of drug-likeness (QED) is 0.921. The zero-order valence-corrected chi connectivity index (χ0v) is 11.2. The average molecular weight is 284 g/mol. The van der Waals surface area contributed by atoms with Crippen LogP contribution in [0.3, 0.4) is 0 Å². The lowest BCUT2D eigenvalue weighted by atomic mass is 10.1. The van der Waals surface area contributed by atoms with Crippen LogP contribution < -0.4 is 0 Å². The lowest BCUT2D eigenvalue weighted by Crippen LogP contribution is -1.96. The number of hydrogen-bond acceptors (Lipinski definition) is 3. The van der Waals surface area contributed by atoms with Crippen molar-refractivity contribution in [2.75, 3.05) is 0 Å². The minimum absolute atomic E-state index is 0.366. The predicted molar refractivity (Wildman–Crippen MR) is 70.4 cm³/mol. The van der Waals surface area contributed by atoms with E-state index in [4.69, 9.17) is 11.6 Å². The van der Waals surface area contributed by atoms with Gasteiger partial charge in [-0.2, -0.15) is 0 Å². The summed E-state index contributed by atoms with van der Waals surface area (Å²) in [7, 11) is 0. The Labute approximate surface area is 114 Å². The largest absolute Gasteiger partial charge is 0.389 e. The molecule has 1 N–H and O–H groups in total. The Morgan fingerprint density at radius 3 is 2.72 bits per heavy atom. The van der Waals surface area contributed by atoms with Gasteiger partial charge in [0.05, 0.1) is 16.0 Å². The molecule has 0 radical (unpaired) electrons. The van der Waals surface area contributed by atoms with Gasteiger partial charge in [-0.25, -0.2) is 9.37 Å². The fraction of sp³-hybridized carbons (Fsp3) is 0.154. The van der Waals surface area contributed by atoms with E-state index < -0.39 is 6.10 Å². The van der Waals surface area contributed by atoms with Crippen LogP contribution in [0.5, 0.6) is 0 Å². The van der Waals surface area contributed by atoms with E-state index in [0.717, 1.165) is 0 Å². The molecule has 1 atom stereocenters. The molecule has 1 aromatic carbocycles. The molecular formula is C13H11ClFNOS. The average Bonchev–Trinajstić information content (AvgIpc) is 2.34. The Balaban J connectivity index is 2.36. The molecule has 0 aliphatic rings. The van der Waals surface area contributed by atoms with E-state index in [2.05, 4.69) is 4.98 Å². The fourth-order valence-corrected chi connectivity index (χ4v) is 2.57. The third kappa shape index (κ3) is 3.02. The molecule has 0 aliphatic carbocycles. The SMILES string of the molecule is C[C@H](O)c1cccc(F)c1Sc1ccc(Cl)cn1. The first kappa shape index (κ1) is 13.3. The number of aliphatic hydroxyl groups is 1. The van der Waals surface area contributed by atoms with Gasteiger partial charge in [-0.1, -0.05) is 35.5 Å². The maximum absolute atomic E-state index is 13.8. The second-order valence-corrected chi connectivity index (χ2v) is 5.22. The minimum Gasteiger partial charge on any atom is -0.389 e. The molecule has 2 rings (SSSR count). The maximum Gasteiger partial charge on any atom is 0.137 e. The molecule has 0 fully saturated rings. The first-order chi connectivity index (χ1) is 8.58. The van der Waals surface area contributed by atoms with Crippen molar-refractivity contribution in [1.82, 2.24) is 4.98 Å². The molecule has 94 valence electrons. The molecule has 2 nitrogen and oxygen atoms in total. The van der Waals surface area contributed by atoms with Gasteiger partial charge in [-0.15, -0.1) is 0 Å². The van der Waals surface area contributed by atoms with Crippen LogP contribution in [0.4, 0.5) is 4.39 Å². The third-order valence-electron chi connectivity index (χ3n) is 2.35. The summed E-state index contributed by atoms with van der Waals surface area (Å²) in [6.45, 7) is 1.61. The van der Waals surface area contributed by atoms with Crippen molar-refractivity contribution in [3.8, 4) is 0 Å². The highest BCUT2D eigenvalue weighted by Gasteiger charge is 2.14. The maximum atomic E-state index is 13.8.